The minimum absolute atomic E-state index is 0.0793. The molecule has 2 saturated heterocycles. The van der Waals surface area contributed by atoms with E-state index in [9.17, 15) is 4.79 Å². The van der Waals surface area contributed by atoms with Gasteiger partial charge in [0.1, 0.15) is 17.6 Å². The highest BCUT2D eigenvalue weighted by Crippen LogP contribution is 2.27. The van der Waals surface area contributed by atoms with E-state index in [2.05, 4.69) is 15.2 Å². The van der Waals surface area contributed by atoms with E-state index in [-0.39, 0.29) is 12.1 Å². The van der Waals surface area contributed by atoms with Crippen molar-refractivity contribution in [3.05, 3.63) is 29.8 Å². The topological polar surface area (TPSA) is 76.2 Å². The lowest BCUT2D eigenvalue weighted by molar-refractivity contribution is 0.0544. The number of thiazole rings is 1. The number of piperidine rings is 2. The number of nitrogens with zero attached hydrogens (tertiary/aromatic N) is 3. The summed E-state index contributed by atoms with van der Waals surface area (Å²) in [5.74, 6) is 1.30. The summed E-state index contributed by atoms with van der Waals surface area (Å²) in [7, 11) is 3.19. The molecule has 0 saturated carbocycles. The number of amides is 2. The second-order valence-corrected chi connectivity index (χ2v) is 8.76. The second kappa shape index (κ2) is 10.2. The summed E-state index contributed by atoms with van der Waals surface area (Å²) < 4.78 is 16.5. The van der Waals surface area contributed by atoms with Gasteiger partial charge in [-0.1, -0.05) is 11.3 Å². The lowest BCUT2D eigenvalue weighted by Gasteiger charge is -2.41. The van der Waals surface area contributed by atoms with Gasteiger partial charge in [-0.3, -0.25) is 4.90 Å². The average Bonchev–Trinajstić information content (AvgIpc) is 3.32. The molecule has 0 unspecified atom stereocenters. The van der Waals surface area contributed by atoms with Gasteiger partial charge in [-0.15, -0.1) is 0 Å². The van der Waals surface area contributed by atoms with Gasteiger partial charge >= 0.3 is 6.03 Å². The van der Waals surface area contributed by atoms with E-state index in [1.54, 1.807) is 50.0 Å². The summed E-state index contributed by atoms with van der Waals surface area (Å²) in [4.78, 5) is 21.4. The number of nitrogens with one attached hydrogen (secondary N) is 1. The maximum absolute atomic E-state index is 12.7. The number of anilines is 1. The van der Waals surface area contributed by atoms with Crippen LogP contribution in [0.1, 0.15) is 25.7 Å². The number of aromatic nitrogens is 1. The lowest BCUT2D eigenvalue weighted by atomic mass is 9.99. The molecular weight excluding hydrogens is 416 g/mol. The molecule has 0 atom stereocenters. The van der Waals surface area contributed by atoms with Crippen molar-refractivity contribution < 1.29 is 19.0 Å². The van der Waals surface area contributed by atoms with E-state index in [1.807, 2.05) is 10.3 Å². The monoisotopic (exact) mass is 446 g/mol. The van der Waals surface area contributed by atoms with Crippen LogP contribution in [0.3, 0.4) is 0 Å². The standard InChI is InChI=1S/C22H30N4O4S/c1-28-19-13-16(14-20(15-19)29-2)24-21(27)26-8-3-17(4-9-26)25-10-5-18(6-11-25)30-22-23-7-12-31-22/h7,12-15,17-18H,3-6,8-11H2,1-2H3,(H,24,27). The predicted octanol–water partition coefficient (Wildman–Crippen LogP) is 3.70. The third-order valence-electron chi connectivity index (χ3n) is 6.02. The van der Waals surface area contributed by atoms with Crippen LogP contribution >= 0.6 is 11.3 Å². The molecule has 168 valence electrons. The van der Waals surface area contributed by atoms with Gasteiger partial charge in [0.15, 0.2) is 0 Å². The minimum atomic E-state index is -0.0793. The Kier molecular flexibility index (Phi) is 7.14. The molecule has 2 fully saturated rings. The zero-order valence-electron chi connectivity index (χ0n) is 18.1. The first kappa shape index (κ1) is 21.7. The molecule has 2 aliphatic heterocycles. The smallest absolute Gasteiger partial charge is 0.321 e. The van der Waals surface area contributed by atoms with Gasteiger partial charge in [0.25, 0.3) is 5.19 Å². The summed E-state index contributed by atoms with van der Waals surface area (Å²) in [5.41, 5.74) is 0.672. The maximum Gasteiger partial charge on any atom is 0.321 e. The molecule has 1 aromatic heterocycles. The first-order valence-electron chi connectivity index (χ1n) is 10.7. The first-order valence-corrected chi connectivity index (χ1v) is 11.6. The Morgan fingerprint density at radius 3 is 2.29 bits per heavy atom. The van der Waals surface area contributed by atoms with Crippen LogP contribution in [0.5, 0.6) is 16.7 Å². The molecule has 4 rings (SSSR count). The van der Waals surface area contributed by atoms with Crippen molar-refractivity contribution in [2.45, 2.75) is 37.8 Å². The Balaban J connectivity index is 1.23. The van der Waals surface area contributed by atoms with Crippen molar-refractivity contribution in [1.29, 1.82) is 0 Å². The van der Waals surface area contributed by atoms with E-state index in [0.717, 1.165) is 57.1 Å². The molecule has 2 amide bonds. The largest absolute Gasteiger partial charge is 0.497 e. The average molecular weight is 447 g/mol. The highest BCUT2D eigenvalue weighted by atomic mass is 32.1. The lowest BCUT2D eigenvalue weighted by Crippen LogP contribution is -2.50. The number of methoxy groups -OCH3 is 2. The molecule has 2 aliphatic rings. The summed E-state index contributed by atoms with van der Waals surface area (Å²) in [6.45, 7) is 3.59. The zero-order valence-corrected chi connectivity index (χ0v) is 18.9. The van der Waals surface area contributed by atoms with Crippen LogP contribution < -0.4 is 19.5 Å². The molecule has 31 heavy (non-hydrogen) atoms. The van der Waals surface area contributed by atoms with Crippen LogP contribution in [0.4, 0.5) is 10.5 Å². The highest BCUT2D eigenvalue weighted by molar-refractivity contribution is 7.11. The van der Waals surface area contributed by atoms with E-state index in [4.69, 9.17) is 14.2 Å². The van der Waals surface area contributed by atoms with Gasteiger partial charge in [0.05, 0.1) is 14.2 Å². The quantitative estimate of drug-likeness (QED) is 0.729. The Labute approximate surface area is 187 Å². The van der Waals surface area contributed by atoms with Crippen molar-refractivity contribution in [3.63, 3.8) is 0 Å². The van der Waals surface area contributed by atoms with Crippen molar-refractivity contribution in [2.75, 3.05) is 45.7 Å². The molecule has 8 nitrogen and oxygen atoms in total. The number of hydrogen-bond donors (Lipinski definition) is 1. The summed E-state index contributed by atoms with van der Waals surface area (Å²) in [5, 5.41) is 5.69. The Morgan fingerprint density at radius 2 is 1.71 bits per heavy atom. The van der Waals surface area contributed by atoms with Gasteiger partial charge in [-0.25, -0.2) is 9.78 Å². The van der Waals surface area contributed by atoms with E-state index in [1.165, 1.54) is 0 Å². The summed E-state index contributed by atoms with van der Waals surface area (Å²) >= 11 is 1.55. The van der Waals surface area contributed by atoms with Crippen LogP contribution in [0.15, 0.2) is 29.8 Å². The molecule has 2 aromatic rings. The van der Waals surface area contributed by atoms with Gasteiger partial charge in [0.2, 0.25) is 0 Å². The maximum atomic E-state index is 12.7. The van der Waals surface area contributed by atoms with Gasteiger partial charge in [-0.2, -0.15) is 0 Å². The summed E-state index contributed by atoms with van der Waals surface area (Å²) in [6.07, 6.45) is 6.08. The minimum Gasteiger partial charge on any atom is -0.497 e. The molecule has 0 aliphatic carbocycles. The van der Waals surface area contributed by atoms with Crippen molar-refractivity contribution in [2.24, 2.45) is 0 Å². The molecule has 9 heteroatoms. The van der Waals surface area contributed by atoms with E-state index < -0.39 is 0 Å². The fourth-order valence-electron chi connectivity index (χ4n) is 4.29. The van der Waals surface area contributed by atoms with Crippen LogP contribution in [0.25, 0.3) is 0 Å². The fraction of sp³-hybridized carbons (Fsp3) is 0.545. The highest BCUT2D eigenvalue weighted by Gasteiger charge is 2.30. The molecule has 1 aromatic carbocycles. The molecule has 3 heterocycles. The normalized spacial score (nSPS) is 18.6. The number of carbonyl (C=O) groups is 1. The molecular formula is C22H30N4O4S. The van der Waals surface area contributed by atoms with Crippen LogP contribution in [0.2, 0.25) is 0 Å². The SMILES string of the molecule is COc1cc(NC(=O)N2CCC(N3CCC(Oc4nccs4)CC3)CC2)cc(OC)c1. The van der Waals surface area contributed by atoms with Gasteiger partial charge in [0, 0.05) is 67.7 Å². The third-order valence-corrected chi connectivity index (χ3v) is 6.69. The van der Waals surface area contributed by atoms with Crippen LogP contribution in [0, 0.1) is 0 Å². The van der Waals surface area contributed by atoms with E-state index in [0.29, 0.717) is 23.2 Å². The number of hydrogen-bond acceptors (Lipinski definition) is 7. The molecule has 0 spiro atoms. The van der Waals surface area contributed by atoms with E-state index >= 15 is 0 Å². The fourth-order valence-corrected chi connectivity index (χ4v) is 4.84. The molecule has 0 bridgehead atoms. The van der Waals surface area contributed by atoms with Gasteiger partial charge < -0.3 is 24.4 Å². The number of urea groups is 1. The number of likely N-dealkylation sites (tertiary alicyclic amines) is 2. The number of benzene rings is 1. The molecule has 1 N–H and O–H groups in total. The Bertz CT molecular complexity index is 825. The predicted molar refractivity (Wildman–Crippen MR) is 120 cm³/mol. The second-order valence-electron chi connectivity index (χ2n) is 7.90. The number of ether oxygens (including phenoxy) is 3. The summed E-state index contributed by atoms with van der Waals surface area (Å²) in [6, 6.07) is 5.83. The zero-order chi connectivity index (χ0) is 21.6. The van der Waals surface area contributed by atoms with Crippen LogP contribution in [-0.4, -0.2) is 73.4 Å². The Hall–Kier alpha value is -2.52. The first-order chi connectivity index (χ1) is 15.1. The van der Waals surface area contributed by atoms with Crippen molar-refractivity contribution in [1.82, 2.24) is 14.8 Å². The van der Waals surface area contributed by atoms with Gasteiger partial charge in [-0.05, 0) is 25.7 Å². The Morgan fingerprint density at radius 1 is 1.03 bits per heavy atom. The van der Waals surface area contributed by atoms with Crippen molar-refractivity contribution >= 4 is 23.1 Å². The number of rotatable bonds is 6. The van der Waals surface area contributed by atoms with Crippen LogP contribution in [-0.2, 0) is 0 Å². The molecule has 0 radical (unpaired) electrons. The van der Waals surface area contributed by atoms with Crippen molar-refractivity contribution in [3.8, 4) is 16.7 Å². The third kappa shape index (κ3) is 5.59. The number of carbonyl (C=O) groups excluding carboxylic acids is 1.